The lowest BCUT2D eigenvalue weighted by Crippen LogP contribution is -2.18. The van der Waals surface area contributed by atoms with Gasteiger partial charge in [0.05, 0.1) is 7.11 Å². The number of methoxy groups -OCH3 is 1. The van der Waals surface area contributed by atoms with Crippen molar-refractivity contribution in [2.45, 2.75) is 19.5 Å². The van der Waals surface area contributed by atoms with Crippen LogP contribution >= 0.6 is 0 Å². The minimum atomic E-state index is -0.250. The van der Waals surface area contributed by atoms with Crippen molar-refractivity contribution in [2.75, 3.05) is 7.11 Å². The van der Waals surface area contributed by atoms with E-state index in [1.165, 1.54) is 19.2 Å². The van der Waals surface area contributed by atoms with Crippen molar-refractivity contribution in [2.24, 2.45) is 0 Å². The van der Waals surface area contributed by atoms with Gasteiger partial charge >= 0.3 is 0 Å². The number of para-hydroxylation sites is 1. The van der Waals surface area contributed by atoms with Gasteiger partial charge in [0, 0.05) is 18.2 Å². The molecule has 20 heavy (non-hydrogen) atoms. The highest BCUT2D eigenvalue weighted by atomic mass is 19.1. The summed E-state index contributed by atoms with van der Waals surface area (Å²) in [6.07, 6.45) is 0. The van der Waals surface area contributed by atoms with E-state index in [1.54, 1.807) is 12.1 Å². The summed E-state index contributed by atoms with van der Waals surface area (Å²) in [5.74, 6) is 0.331. The summed E-state index contributed by atoms with van der Waals surface area (Å²) in [4.78, 5) is 0. The fourth-order valence-electron chi connectivity index (χ4n) is 2.03. The quantitative estimate of drug-likeness (QED) is 0.879. The first kappa shape index (κ1) is 14.3. The number of phenolic OH excluding ortho intramolecular Hbond substituents is 1. The van der Waals surface area contributed by atoms with Crippen molar-refractivity contribution < 1.29 is 14.2 Å². The maximum Gasteiger partial charge on any atom is 0.162 e. The second kappa shape index (κ2) is 6.39. The first-order valence-corrected chi connectivity index (χ1v) is 6.45. The molecule has 2 aromatic carbocycles. The van der Waals surface area contributed by atoms with Crippen molar-refractivity contribution in [3.8, 4) is 11.5 Å². The van der Waals surface area contributed by atoms with Gasteiger partial charge < -0.3 is 15.2 Å². The Morgan fingerprint density at radius 1 is 1.25 bits per heavy atom. The smallest absolute Gasteiger partial charge is 0.162 e. The lowest BCUT2D eigenvalue weighted by Gasteiger charge is -2.15. The molecule has 0 bridgehead atoms. The number of aromatic hydroxyl groups is 1. The van der Waals surface area contributed by atoms with Gasteiger partial charge in [0.1, 0.15) is 5.82 Å². The molecule has 1 unspecified atom stereocenters. The zero-order chi connectivity index (χ0) is 14.5. The number of hydrogen-bond donors (Lipinski definition) is 2. The Kier molecular flexibility index (Phi) is 4.58. The van der Waals surface area contributed by atoms with E-state index >= 15 is 0 Å². The Labute approximate surface area is 118 Å². The summed E-state index contributed by atoms with van der Waals surface area (Å²) in [6, 6.07) is 11.8. The standard InChI is InChI=1S/C16H18FNO2/c1-11(12-5-3-7-14(17)9-12)18-10-13-6-4-8-15(20-2)16(13)19/h3-9,11,18-19H,10H2,1-2H3. The van der Waals surface area contributed by atoms with Crippen LogP contribution in [0.3, 0.4) is 0 Å². The van der Waals surface area contributed by atoms with Crippen LogP contribution in [0.1, 0.15) is 24.1 Å². The molecule has 3 nitrogen and oxygen atoms in total. The lowest BCUT2D eigenvalue weighted by atomic mass is 10.1. The molecule has 1 atom stereocenters. The van der Waals surface area contributed by atoms with E-state index in [9.17, 15) is 9.50 Å². The zero-order valence-electron chi connectivity index (χ0n) is 11.6. The molecule has 0 saturated carbocycles. The average Bonchev–Trinajstić information content (AvgIpc) is 2.46. The molecule has 0 aliphatic heterocycles. The van der Waals surface area contributed by atoms with Gasteiger partial charge in [-0.3, -0.25) is 0 Å². The van der Waals surface area contributed by atoms with E-state index in [1.807, 2.05) is 25.1 Å². The van der Waals surface area contributed by atoms with Gasteiger partial charge in [0.15, 0.2) is 11.5 Å². The molecule has 0 saturated heterocycles. The van der Waals surface area contributed by atoms with Crippen molar-refractivity contribution in [1.29, 1.82) is 0 Å². The molecule has 0 radical (unpaired) electrons. The molecule has 2 N–H and O–H groups in total. The summed E-state index contributed by atoms with van der Waals surface area (Å²) in [5, 5.41) is 13.2. The van der Waals surface area contributed by atoms with Crippen LogP contribution in [0.5, 0.6) is 11.5 Å². The van der Waals surface area contributed by atoms with Crippen LogP contribution in [-0.4, -0.2) is 12.2 Å². The third-order valence-corrected chi connectivity index (χ3v) is 3.25. The maximum atomic E-state index is 13.2. The van der Waals surface area contributed by atoms with Crippen molar-refractivity contribution in [3.05, 3.63) is 59.4 Å². The second-order valence-electron chi connectivity index (χ2n) is 4.63. The van der Waals surface area contributed by atoms with Crippen LogP contribution in [0.2, 0.25) is 0 Å². The Balaban J connectivity index is 2.05. The summed E-state index contributed by atoms with van der Waals surface area (Å²) < 4.78 is 18.2. The molecule has 0 aliphatic carbocycles. The number of nitrogens with one attached hydrogen (secondary N) is 1. The third-order valence-electron chi connectivity index (χ3n) is 3.25. The zero-order valence-corrected chi connectivity index (χ0v) is 11.6. The van der Waals surface area contributed by atoms with Gasteiger partial charge in [-0.1, -0.05) is 24.3 Å². The van der Waals surface area contributed by atoms with Crippen LogP contribution < -0.4 is 10.1 Å². The number of rotatable bonds is 5. The Hall–Kier alpha value is -2.07. The third kappa shape index (κ3) is 3.27. The SMILES string of the molecule is COc1cccc(CNC(C)c2cccc(F)c2)c1O. The summed E-state index contributed by atoms with van der Waals surface area (Å²) in [5.41, 5.74) is 1.61. The number of halogens is 1. The van der Waals surface area contributed by atoms with Gasteiger partial charge in [-0.15, -0.1) is 0 Å². The molecule has 4 heteroatoms. The van der Waals surface area contributed by atoms with Crippen molar-refractivity contribution >= 4 is 0 Å². The predicted molar refractivity (Wildman–Crippen MR) is 76.3 cm³/mol. The van der Waals surface area contributed by atoms with Crippen LogP contribution in [0, 0.1) is 5.82 Å². The second-order valence-corrected chi connectivity index (χ2v) is 4.63. The number of phenols is 1. The fourth-order valence-corrected chi connectivity index (χ4v) is 2.03. The van der Waals surface area contributed by atoms with Crippen molar-refractivity contribution in [1.82, 2.24) is 5.32 Å². The van der Waals surface area contributed by atoms with E-state index < -0.39 is 0 Å². The molecule has 106 valence electrons. The average molecular weight is 275 g/mol. The highest BCUT2D eigenvalue weighted by Gasteiger charge is 2.10. The van der Waals surface area contributed by atoms with E-state index in [2.05, 4.69) is 5.32 Å². The molecule has 0 aliphatic rings. The van der Waals surface area contributed by atoms with Gasteiger partial charge in [-0.2, -0.15) is 0 Å². The molecule has 0 spiro atoms. The van der Waals surface area contributed by atoms with Gasteiger partial charge in [-0.05, 0) is 30.7 Å². The number of hydrogen-bond acceptors (Lipinski definition) is 3. The minimum absolute atomic E-state index is 0.0173. The number of benzene rings is 2. The first-order valence-electron chi connectivity index (χ1n) is 6.45. The van der Waals surface area contributed by atoms with Gasteiger partial charge in [0.2, 0.25) is 0 Å². The Morgan fingerprint density at radius 3 is 2.70 bits per heavy atom. The normalized spacial score (nSPS) is 12.2. The fraction of sp³-hybridized carbons (Fsp3) is 0.250. The van der Waals surface area contributed by atoms with E-state index in [0.717, 1.165) is 11.1 Å². The summed E-state index contributed by atoms with van der Waals surface area (Å²) in [7, 11) is 1.52. The summed E-state index contributed by atoms with van der Waals surface area (Å²) in [6.45, 7) is 2.42. The van der Waals surface area contributed by atoms with E-state index in [0.29, 0.717) is 12.3 Å². The highest BCUT2D eigenvalue weighted by molar-refractivity contribution is 5.45. The Bertz CT molecular complexity index is 586. The maximum absolute atomic E-state index is 13.2. The Morgan fingerprint density at radius 2 is 2.00 bits per heavy atom. The van der Waals surface area contributed by atoms with Crippen LogP contribution in [0.25, 0.3) is 0 Å². The molecular weight excluding hydrogens is 257 g/mol. The number of ether oxygens (including phenoxy) is 1. The molecule has 2 aromatic rings. The largest absolute Gasteiger partial charge is 0.504 e. The molecule has 0 amide bonds. The highest BCUT2D eigenvalue weighted by Crippen LogP contribution is 2.29. The van der Waals surface area contributed by atoms with Crippen LogP contribution in [0.4, 0.5) is 4.39 Å². The molecule has 0 aromatic heterocycles. The first-order chi connectivity index (χ1) is 9.61. The molecule has 0 fully saturated rings. The van der Waals surface area contributed by atoms with Crippen LogP contribution in [-0.2, 0) is 6.54 Å². The topological polar surface area (TPSA) is 41.5 Å². The van der Waals surface area contributed by atoms with Gasteiger partial charge in [0.25, 0.3) is 0 Å². The minimum Gasteiger partial charge on any atom is -0.504 e. The van der Waals surface area contributed by atoms with E-state index in [-0.39, 0.29) is 17.6 Å². The van der Waals surface area contributed by atoms with Crippen LogP contribution in [0.15, 0.2) is 42.5 Å². The monoisotopic (exact) mass is 275 g/mol. The molecule has 2 rings (SSSR count). The van der Waals surface area contributed by atoms with Gasteiger partial charge in [-0.25, -0.2) is 4.39 Å². The molecule has 0 heterocycles. The molecular formula is C16H18FNO2. The van der Waals surface area contributed by atoms with Crippen molar-refractivity contribution in [3.63, 3.8) is 0 Å². The predicted octanol–water partition coefficient (Wildman–Crippen LogP) is 3.39. The lowest BCUT2D eigenvalue weighted by molar-refractivity contribution is 0.369. The van der Waals surface area contributed by atoms with E-state index in [4.69, 9.17) is 4.74 Å². The summed E-state index contributed by atoms with van der Waals surface area (Å²) >= 11 is 0.